The summed E-state index contributed by atoms with van der Waals surface area (Å²) < 4.78 is 68.0. The summed E-state index contributed by atoms with van der Waals surface area (Å²) >= 11 is 0. The van der Waals surface area contributed by atoms with Gasteiger partial charge in [-0.3, -0.25) is 37.3 Å². The molecule has 0 bridgehead atoms. The van der Waals surface area contributed by atoms with Gasteiger partial charge < -0.3 is 33.8 Å². The van der Waals surface area contributed by atoms with Crippen LogP contribution in [-0.4, -0.2) is 96.7 Å². The Kier molecular flexibility index (Phi) is 53.0. The van der Waals surface area contributed by atoms with Crippen LogP contribution in [0.15, 0.2) is 0 Å². The van der Waals surface area contributed by atoms with E-state index in [2.05, 4.69) is 55.4 Å². The topological polar surface area (TPSA) is 237 Å². The molecule has 3 unspecified atom stereocenters. The molecule has 19 heteroatoms. The van der Waals surface area contributed by atoms with E-state index in [4.69, 9.17) is 37.0 Å². The summed E-state index contributed by atoms with van der Waals surface area (Å²) in [6, 6.07) is 0. The van der Waals surface area contributed by atoms with Crippen LogP contribution in [0.25, 0.3) is 0 Å². The number of rotatable bonds is 61. The van der Waals surface area contributed by atoms with Gasteiger partial charge in [0.25, 0.3) is 0 Å². The molecule has 0 radical (unpaired) electrons. The van der Waals surface area contributed by atoms with Gasteiger partial charge in [0.2, 0.25) is 0 Å². The van der Waals surface area contributed by atoms with E-state index in [1.807, 2.05) is 0 Å². The number of hydrogen-bond donors (Lipinski definition) is 3. The first-order valence-corrected chi connectivity index (χ1v) is 36.2. The highest BCUT2D eigenvalue weighted by Gasteiger charge is 2.30. The Balaban J connectivity index is 5.25. The third-order valence-electron chi connectivity index (χ3n) is 14.9. The van der Waals surface area contributed by atoms with E-state index in [-0.39, 0.29) is 25.7 Å². The second-order valence-electron chi connectivity index (χ2n) is 24.8. The third kappa shape index (κ3) is 57.6. The average molecular weight is 1230 g/mol. The lowest BCUT2D eigenvalue weighted by Gasteiger charge is -2.21. The molecule has 0 aliphatic carbocycles. The van der Waals surface area contributed by atoms with Gasteiger partial charge in [-0.1, -0.05) is 254 Å². The van der Waals surface area contributed by atoms with Crippen LogP contribution in [0.1, 0.15) is 306 Å². The normalized spacial score (nSPS) is 14.8. The number of aliphatic hydroxyl groups excluding tert-OH is 1. The standard InChI is InChI=1S/C64H124O17P2/c1-9-57(8)43-35-27-21-23-29-37-45-62(67)75-51-60(81-64(69)47-39-31-22-20-26-34-42-56(6)7)53-79-83(72,73)77-49-58(65)48-76-82(70,71)78-52-59(50-74-61(66)44-36-28-18-15-14-17-25-33-41-55(4)5)80-63(68)46-38-30-19-13-11-10-12-16-24-32-40-54(2)3/h54-60,65H,9-53H2,1-8H3,(H,70,71)(H,72,73)/t57?,58-,59-,60-/m1/s1. The molecular weight excluding hydrogens is 1100 g/mol. The van der Waals surface area contributed by atoms with Crippen molar-refractivity contribution < 1.29 is 80.2 Å². The highest BCUT2D eigenvalue weighted by atomic mass is 31.2. The zero-order chi connectivity index (χ0) is 61.8. The van der Waals surface area contributed by atoms with Crippen molar-refractivity contribution in [2.45, 2.75) is 324 Å². The van der Waals surface area contributed by atoms with Crippen LogP contribution in [0.5, 0.6) is 0 Å². The molecule has 0 aromatic heterocycles. The minimum Gasteiger partial charge on any atom is -0.462 e. The van der Waals surface area contributed by atoms with Crippen LogP contribution in [0, 0.1) is 23.7 Å². The van der Waals surface area contributed by atoms with Crippen LogP contribution >= 0.6 is 15.6 Å². The fourth-order valence-corrected chi connectivity index (χ4v) is 11.0. The van der Waals surface area contributed by atoms with Gasteiger partial charge in [0.1, 0.15) is 19.3 Å². The van der Waals surface area contributed by atoms with Crippen LogP contribution in [-0.2, 0) is 65.4 Å². The lowest BCUT2D eigenvalue weighted by Crippen LogP contribution is -2.30. The van der Waals surface area contributed by atoms with E-state index in [9.17, 15) is 43.2 Å². The molecule has 0 saturated carbocycles. The van der Waals surface area contributed by atoms with Crippen molar-refractivity contribution in [1.82, 2.24) is 0 Å². The lowest BCUT2D eigenvalue weighted by molar-refractivity contribution is -0.161. The van der Waals surface area contributed by atoms with E-state index < -0.39 is 97.5 Å². The smallest absolute Gasteiger partial charge is 0.462 e. The number of hydrogen-bond acceptors (Lipinski definition) is 15. The summed E-state index contributed by atoms with van der Waals surface area (Å²) in [7, 11) is -9.89. The Morgan fingerprint density at radius 3 is 0.855 bits per heavy atom. The number of ether oxygens (including phenoxy) is 4. The summed E-state index contributed by atoms with van der Waals surface area (Å²) in [6.45, 7) is 13.9. The van der Waals surface area contributed by atoms with E-state index in [0.29, 0.717) is 31.6 Å². The van der Waals surface area contributed by atoms with E-state index >= 15 is 0 Å². The maximum Gasteiger partial charge on any atom is 0.472 e. The highest BCUT2D eigenvalue weighted by Crippen LogP contribution is 2.45. The van der Waals surface area contributed by atoms with Gasteiger partial charge in [-0.05, 0) is 49.4 Å². The summed E-state index contributed by atoms with van der Waals surface area (Å²) in [4.78, 5) is 72.2. The first-order chi connectivity index (χ1) is 39.6. The average Bonchev–Trinajstić information content (AvgIpc) is 3.43. The van der Waals surface area contributed by atoms with Crippen LogP contribution < -0.4 is 0 Å². The van der Waals surface area contributed by atoms with Gasteiger partial charge in [-0.15, -0.1) is 0 Å². The molecule has 83 heavy (non-hydrogen) atoms. The van der Waals surface area contributed by atoms with Crippen molar-refractivity contribution in [3.8, 4) is 0 Å². The Hall–Kier alpha value is -1.94. The molecule has 0 aromatic rings. The van der Waals surface area contributed by atoms with E-state index in [0.717, 1.165) is 114 Å². The third-order valence-corrected chi connectivity index (χ3v) is 16.8. The van der Waals surface area contributed by atoms with Crippen molar-refractivity contribution in [2.75, 3.05) is 39.6 Å². The van der Waals surface area contributed by atoms with Crippen molar-refractivity contribution in [3.63, 3.8) is 0 Å². The number of carbonyl (C=O) groups is 4. The minimum absolute atomic E-state index is 0.100. The van der Waals surface area contributed by atoms with Gasteiger partial charge in [0, 0.05) is 25.7 Å². The van der Waals surface area contributed by atoms with Crippen LogP contribution in [0.3, 0.4) is 0 Å². The van der Waals surface area contributed by atoms with Gasteiger partial charge in [-0.25, -0.2) is 9.13 Å². The summed E-state index contributed by atoms with van der Waals surface area (Å²) in [6.07, 6.45) is 33.7. The number of phosphoric acid groups is 2. The molecule has 0 amide bonds. The molecular formula is C64H124O17P2. The second kappa shape index (κ2) is 54.2. The molecule has 492 valence electrons. The molecule has 0 aliphatic heterocycles. The SMILES string of the molecule is CCC(C)CCCCCCCCC(=O)OC[C@H](COP(=O)(O)OC[C@H](O)COP(=O)(O)OC[C@@H](COC(=O)CCCCCCCCCCC(C)C)OC(=O)CCCCCCCCCCCCC(C)C)OC(=O)CCCCCCCCC(C)C. The van der Waals surface area contributed by atoms with Crippen LogP contribution in [0.4, 0.5) is 0 Å². The summed E-state index contributed by atoms with van der Waals surface area (Å²) in [5.74, 6) is 0.735. The zero-order valence-corrected chi connectivity index (χ0v) is 55.6. The first kappa shape index (κ1) is 81.1. The highest BCUT2D eigenvalue weighted by molar-refractivity contribution is 7.47. The van der Waals surface area contributed by atoms with Crippen molar-refractivity contribution in [1.29, 1.82) is 0 Å². The molecule has 0 spiro atoms. The number of aliphatic hydroxyl groups is 1. The molecule has 17 nitrogen and oxygen atoms in total. The Labute approximate surface area is 505 Å². The fourth-order valence-electron chi connectivity index (χ4n) is 9.40. The Morgan fingerprint density at radius 2 is 0.578 bits per heavy atom. The maximum absolute atomic E-state index is 13.0. The monoisotopic (exact) mass is 1230 g/mol. The fraction of sp³-hybridized carbons (Fsp3) is 0.938. The molecule has 0 aromatic carbocycles. The van der Waals surface area contributed by atoms with E-state index in [1.165, 1.54) is 103 Å². The number of unbranched alkanes of at least 4 members (excludes halogenated alkanes) is 26. The Morgan fingerprint density at radius 1 is 0.337 bits per heavy atom. The molecule has 3 N–H and O–H groups in total. The van der Waals surface area contributed by atoms with E-state index in [1.54, 1.807) is 0 Å². The van der Waals surface area contributed by atoms with Crippen molar-refractivity contribution in [2.24, 2.45) is 23.7 Å². The Bertz CT molecular complexity index is 1660. The predicted octanol–water partition coefficient (Wildman–Crippen LogP) is 17.4. The van der Waals surface area contributed by atoms with Gasteiger partial charge in [0.05, 0.1) is 26.4 Å². The van der Waals surface area contributed by atoms with Crippen LogP contribution in [0.2, 0.25) is 0 Å². The zero-order valence-electron chi connectivity index (χ0n) is 53.8. The summed E-state index contributed by atoms with van der Waals surface area (Å²) in [5.41, 5.74) is 0. The summed E-state index contributed by atoms with van der Waals surface area (Å²) in [5, 5.41) is 10.5. The quantitative estimate of drug-likeness (QED) is 0.0222. The van der Waals surface area contributed by atoms with Gasteiger partial charge in [-0.2, -0.15) is 0 Å². The maximum atomic E-state index is 13.0. The molecule has 0 rings (SSSR count). The second-order valence-corrected chi connectivity index (χ2v) is 27.7. The predicted molar refractivity (Wildman–Crippen MR) is 331 cm³/mol. The first-order valence-electron chi connectivity index (χ1n) is 33.2. The lowest BCUT2D eigenvalue weighted by atomic mass is 10.00. The number of esters is 4. The van der Waals surface area contributed by atoms with Gasteiger partial charge >= 0.3 is 39.5 Å². The van der Waals surface area contributed by atoms with Crippen molar-refractivity contribution >= 4 is 39.5 Å². The molecule has 0 aliphatic rings. The number of phosphoric ester groups is 2. The number of carbonyl (C=O) groups excluding carboxylic acids is 4. The van der Waals surface area contributed by atoms with Crippen molar-refractivity contribution in [3.05, 3.63) is 0 Å². The molecule has 0 heterocycles. The molecule has 6 atom stereocenters. The van der Waals surface area contributed by atoms with Gasteiger partial charge in [0.15, 0.2) is 12.2 Å². The largest absolute Gasteiger partial charge is 0.472 e. The molecule has 0 saturated heterocycles. The molecule has 0 fully saturated rings. The minimum atomic E-state index is -4.95.